The summed E-state index contributed by atoms with van der Waals surface area (Å²) in [5, 5.41) is 20.7. The summed E-state index contributed by atoms with van der Waals surface area (Å²) >= 11 is 0. The minimum absolute atomic E-state index is 0.243. The lowest BCUT2D eigenvalue weighted by Gasteiger charge is -2.29. The van der Waals surface area contributed by atoms with Gasteiger partial charge in [0.05, 0.1) is 25.4 Å². The molecule has 0 aromatic rings. The van der Waals surface area contributed by atoms with Crippen LogP contribution in [0, 0.1) is 0 Å². The minimum Gasteiger partial charge on any atom is -0.465 e. The normalized spacial score (nSPS) is 13.8. The lowest BCUT2D eigenvalue weighted by atomic mass is 10.0. The van der Waals surface area contributed by atoms with Gasteiger partial charge in [0.15, 0.2) is 0 Å². The van der Waals surface area contributed by atoms with Gasteiger partial charge >= 0.3 is 5.97 Å². The van der Waals surface area contributed by atoms with Crippen LogP contribution in [-0.4, -0.2) is 47.6 Å². The van der Waals surface area contributed by atoms with E-state index in [1.165, 1.54) is 0 Å². The molecule has 0 spiro atoms. The van der Waals surface area contributed by atoms with Gasteiger partial charge in [-0.25, -0.2) is 0 Å². The fourth-order valence-corrected chi connectivity index (χ4v) is 0.990. The van der Waals surface area contributed by atoms with Crippen molar-refractivity contribution in [3.8, 4) is 0 Å². The summed E-state index contributed by atoms with van der Waals surface area (Å²) in [5.41, 5.74) is -0.855. The smallest absolute Gasteiger partial charge is 0.322 e. The minimum atomic E-state index is -0.855. The Labute approximate surface area is 84.1 Å². The average molecular weight is 205 g/mol. The molecule has 0 rings (SSSR count). The van der Waals surface area contributed by atoms with Crippen molar-refractivity contribution in [1.82, 2.24) is 5.32 Å². The van der Waals surface area contributed by atoms with E-state index in [-0.39, 0.29) is 19.2 Å². The first-order chi connectivity index (χ1) is 6.49. The first kappa shape index (κ1) is 13.4. The maximum Gasteiger partial charge on any atom is 0.322 e. The fraction of sp³-hybridized carbons (Fsp3) is 0.889. The molecule has 0 heterocycles. The molecule has 0 bridgehead atoms. The third-order valence-electron chi connectivity index (χ3n) is 1.90. The Bertz CT molecular complexity index is 180. The van der Waals surface area contributed by atoms with Crippen LogP contribution in [-0.2, 0) is 9.53 Å². The monoisotopic (exact) mass is 205 g/mol. The Morgan fingerprint density at radius 3 is 2.36 bits per heavy atom. The van der Waals surface area contributed by atoms with Crippen molar-refractivity contribution in [2.75, 3.05) is 19.8 Å². The van der Waals surface area contributed by atoms with Crippen molar-refractivity contribution in [2.45, 2.75) is 32.4 Å². The van der Waals surface area contributed by atoms with Crippen molar-refractivity contribution in [1.29, 1.82) is 0 Å². The number of carbonyl (C=O) groups is 1. The maximum absolute atomic E-state index is 11.2. The molecule has 84 valence electrons. The van der Waals surface area contributed by atoms with E-state index in [1.54, 1.807) is 20.8 Å². The van der Waals surface area contributed by atoms with Crippen molar-refractivity contribution < 1.29 is 19.7 Å². The summed E-state index contributed by atoms with van der Waals surface area (Å²) in [6.07, 6.45) is 0. The Morgan fingerprint density at radius 1 is 1.50 bits per heavy atom. The Kier molecular flexibility index (Phi) is 5.68. The van der Waals surface area contributed by atoms with Gasteiger partial charge in [0, 0.05) is 0 Å². The largest absolute Gasteiger partial charge is 0.465 e. The molecular formula is C9H19NO4. The Balaban J connectivity index is 4.15. The standard InChI is InChI=1S/C9H19NO4/c1-4-14-8(13)7(2)10-9(3,5-11)6-12/h7,10-12H,4-6H2,1-3H3. The number of aliphatic hydroxyl groups is 2. The van der Waals surface area contributed by atoms with E-state index in [0.29, 0.717) is 6.61 Å². The molecule has 0 radical (unpaired) electrons. The van der Waals surface area contributed by atoms with Gasteiger partial charge in [0.25, 0.3) is 0 Å². The lowest BCUT2D eigenvalue weighted by Crippen LogP contribution is -2.55. The quantitative estimate of drug-likeness (QED) is 0.498. The van der Waals surface area contributed by atoms with Crippen LogP contribution < -0.4 is 5.32 Å². The van der Waals surface area contributed by atoms with Gasteiger partial charge in [-0.15, -0.1) is 0 Å². The van der Waals surface area contributed by atoms with E-state index in [1.807, 2.05) is 0 Å². The number of esters is 1. The number of nitrogens with one attached hydrogen (secondary N) is 1. The highest BCUT2D eigenvalue weighted by Gasteiger charge is 2.27. The van der Waals surface area contributed by atoms with Crippen LogP contribution >= 0.6 is 0 Å². The lowest BCUT2D eigenvalue weighted by molar-refractivity contribution is -0.146. The van der Waals surface area contributed by atoms with E-state index < -0.39 is 11.6 Å². The number of rotatable bonds is 6. The molecule has 0 aliphatic heterocycles. The summed E-state index contributed by atoms with van der Waals surface area (Å²) in [6, 6.07) is -0.542. The first-order valence-corrected chi connectivity index (χ1v) is 4.65. The van der Waals surface area contributed by atoms with Crippen LogP contribution in [0.25, 0.3) is 0 Å². The SMILES string of the molecule is CCOC(=O)C(C)NC(C)(CO)CO. The molecular weight excluding hydrogens is 186 g/mol. The molecule has 1 atom stereocenters. The molecule has 0 aromatic carbocycles. The number of hydrogen-bond donors (Lipinski definition) is 3. The van der Waals surface area contributed by atoms with Gasteiger partial charge in [-0.05, 0) is 20.8 Å². The van der Waals surface area contributed by atoms with E-state index in [2.05, 4.69) is 5.32 Å². The second kappa shape index (κ2) is 5.95. The molecule has 5 heteroatoms. The molecule has 0 fully saturated rings. The molecule has 0 aliphatic carbocycles. The number of aliphatic hydroxyl groups excluding tert-OH is 2. The van der Waals surface area contributed by atoms with Gasteiger partial charge in [0.2, 0.25) is 0 Å². The molecule has 0 aromatic heterocycles. The zero-order valence-corrected chi connectivity index (χ0v) is 8.91. The van der Waals surface area contributed by atoms with Crippen molar-refractivity contribution >= 4 is 5.97 Å². The highest BCUT2D eigenvalue weighted by molar-refractivity contribution is 5.75. The van der Waals surface area contributed by atoms with Crippen molar-refractivity contribution in [2.24, 2.45) is 0 Å². The molecule has 5 nitrogen and oxygen atoms in total. The van der Waals surface area contributed by atoms with E-state index in [4.69, 9.17) is 14.9 Å². The topological polar surface area (TPSA) is 78.8 Å². The maximum atomic E-state index is 11.2. The van der Waals surface area contributed by atoms with Crippen LogP contribution in [0.15, 0.2) is 0 Å². The van der Waals surface area contributed by atoms with Crippen LogP contribution in [0.2, 0.25) is 0 Å². The molecule has 0 saturated heterocycles. The number of hydrogen-bond acceptors (Lipinski definition) is 5. The second-order valence-electron chi connectivity index (χ2n) is 3.49. The van der Waals surface area contributed by atoms with Crippen molar-refractivity contribution in [3.63, 3.8) is 0 Å². The third-order valence-corrected chi connectivity index (χ3v) is 1.90. The summed E-state index contributed by atoms with van der Waals surface area (Å²) in [4.78, 5) is 11.2. The molecule has 3 N–H and O–H groups in total. The van der Waals surface area contributed by atoms with Gasteiger partial charge in [-0.2, -0.15) is 0 Å². The predicted molar refractivity (Wildman–Crippen MR) is 51.8 cm³/mol. The van der Waals surface area contributed by atoms with Crippen LogP contribution in [0.3, 0.4) is 0 Å². The fourth-order valence-electron chi connectivity index (χ4n) is 0.990. The zero-order valence-electron chi connectivity index (χ0n) is 8.91. The Hall–Kier alpha value is -0.650. The van der Waals surface area contributed by atoms with Gasteiger partial charge in [-0.3, -0.25) is 10.1 Å². The van der Waals surface area contributed by atoms with Gasteiger partial charge in [0.1, 0.15) is 6.04 Å². The summed E-state index contributed by atoms with van der Waals surface area (Å²) < 4.78 is 4.77. The van der Waals surface area contributed by atoms with E-state index in [0.717, 1.165) is 0 Å². The molecule has 14 heavy (non-hydrogen) atoms. The molecule has 0 saturated carbocycles. The highest BCUT2D eigenvalue weighted by Crippen LogP contribution is 2.03. The molecule has 0 aliphatic rings. The third kappa shape index (κ3) is 4.04. The van der Waals surface area contributed by atoms with Crippen LogP contribution in [0.5, 0.6) is 0 Å². The average Bonchev–Trinajstić information content (AvgIpc) is 2.18. The summed E-state index contributed by atoms with van der Waals surface area (Å²) in [6.45, 7) is 4.81. The number of ether oxygens (including phenoxy) is 1. The summed E-state index contributed by atoms with van der Waals surface area (Å²) in [5.74, 6) is -0.388. The van der Waals surface area contributed by atoms with Crippen molar-refractivity contribution in [3.05, 3.63) is 0 Å². The van der Waals surface area contributed by atoms with E-state index >= 15 is 0 Å². The zero-order chi connectivity index (χ0) is 11.2. The van der Waals surface area contributed by atoms with Crippen LogP contribution in [0.1, 0.15) is 20.8 Å². The Morgan fingerprint density at radius 2 is 2.00 bits per heavy atom. The van der Waals surface area contributed by atoms with Gasteiger partial charge in [-0.1, -0.05) is 0 Å². The van der Waals surface area contributed by atoms with Crippen LogP contribution in [0.4, 0.5) is 0 Å². The predicted octanol–water partition coefficient (Wildman–Crippen LogP) is -0.729. The highest BCUT2D eigenvalue weighted by atomic mass is 16.5. The number of carbonyl (C=O) groups excluding carboxylic acids is 1. The second-order valence-corrected chi connectivity index (χ2v) is 3.49. The summed E-state index contributed by atoms with van der Waals surface area (Å²) in [7, 11) is 0. The first-order valence-electron chi connectivity index (χ1n) is 4.65. The van der Waals surface area contributed by atoms with Gasteiger partial charge < -0.3 is 14.9 Å². The molecule has 0 amide bonds. The molecule has 1 unspecified atom stereocenters. The van der Waals surface area contributed by atoms with E-state index in [9.17, 15) is 4.79 Å².